The van der Waals surface area contributed by atoms with Crippen molar-refractivity contribution in [3.8, 4) is 5.75 Å². The number of hydrogen-bond acceptors (Lipinski definition) is 3. The Labute approximate surface area is 153 Å². The summed E-state index contributed by atoms with van der Waals surface area (Å²) in [5.41, 5.74) is 3.83. The molecule has 1 atom stereocenters. The molecule has 4 rings (SSSR count). The molecule has 1 heterocycles. The standard InChI is InChI=1S/C22H23NO3/c24-21-14-19(15-23(21)12-11-16-5-2-1-3-6-16)22(25)26-20-10-9-17-7-4-8-18(17)13-20/h1-3,5-6,9-10,13,19H,4,7-8,11-12,14-15H2/t19-/m1/s1. The molecule has 2 aliphatic rings. The molecule has 1 aliphatic heterocycles. The zero-order valence-corrected chi connectivity index (χ0v) is 14.8. The molecule has 0 unspecified atom stereocenters. The Morgan fingerprint density at radius 3 is 2.73 bits per heavy atom. The molecular weight excluding hydrogens is 326 g/mol. The summed E-state index contributed by atoms with van der Waals surface area (Å²) in [5, 5.41) is 0. The summed E-state index contributed by atoms with van der Waals surface area (Å²) >= 11 is 0. The Bertz CT molecular complexity index is 815. The maximum atomic E-state index is 12.5. The van der Waals surface area contributed by atoms with E-state index >= 15 is 0 Å². The summed E-state index contributed by atoms with van der Waals surface area (Å²) in [6.45, 7) is 1.10. The number of carbonyl (C=O) groups is 2. The van der Waals surface area contributed by atoms with Crippen molar-refractivity contribution >= 4 is 11.9 Å². The van der Waals surface area contributed by atoms with E-state index in [1.165, 1.54) is 23.1 Å². The van der Waals surface area contributed by atoms with Crippen LogP contribution in [0.5, 0.6) is 5.75 Å². The van der Waals surface area contributed by atoms with Gasteiger partial charge in [-0.15, -0.1) is 0 Å². The molecular formula is C22H23NO3. The number of rotatable bonds is 5. The predicted octanol–water partition coefficient (Wildman–Crippen LogP) is 3.17. The third kappa shape index (κ3) is 3.64. The smallest absolute Gasteiger partial charge is 0.316 e. The van der Waals surface area contributed by atoms with Crippen molar-refractivity contribution in [2.45, 2.75) is 32.1 Å². The number of benzene rings is 2. The second kappa shape index (κ2) is 7.32. The second-order valence-electron chi connectivity index (χ2n) is 7.18. The lowest BCUT2D eigenvalue weighted by atomic mass is 10.1. The number of ether oxygens (including phenoxy) is 1. The van der Waals surface area contributed by atoms with Crippen LogP contribution < -0.4 is 4.74 Å². The highest BCUT2D eigenvalue weighted by atomic mass is 16.5. The third-order valence-corrected chi connectivity index (χ3v) is 5.35. The fraction of sp³-hybridized carbons (Fsp3) is 0.364. The summed E-state index contributed by atoms with van der Waals surface area (Å²) in [7, 11) is 0. The summed E-state index contributed by atoms with van der Waals surface area (Å²) in [5.74, 6) is -0.0206. The number of aryl methyl sites for hydroxylation is 2. The van der Waals surface area contributed by atoms with Crippen LogP contribution in [0.3, 0.4) is 0 Å². The third-order valence-electron chi connectivity index (χ3n) is 5.35. The Hall–Kier alpha value is -2.62. The van der Waals surface area contributed by atoms with E-state index < -0.39 is 0 Å². The van der Waals surface area contributed by atoms with Gasteiger partial charge in [0.25, 0.3) is 0 Å². The average molecular weight is 349 g/mol. The van der Waals surface area contributed by atoms with Crippen LogP contribution in [0.1, 0.15) is 29.5 Å². The van der Waals surface area contributed by atoms with Gasteiger partial charge in [-0.1, -0.05) is 36.4 Å². The SMILES string of the molecule is O=C(Oc1ccc2c(c1)CCC2)[C@@H]1CC(=O)N(CCc2ccccc2)C1. The van der Waals surface area contributed by atoms with E-state index in [0.29, 0.717) is 18.8 Å². The monoisotopic (exact) mass is 349 g/mol. The normalized spacial score (nSPS) is 18.8. The first-order valence-electron chi connectivity index (χ1n) is 9.34. The molecule has 4 nitrogen and oxygen atoms in total. The van der Waals surface area contributed by atoms with Crippen molar-refractivity contribution in [1.82, 2.24) is 4.90 Å². The number of carbonyl (C=O) groups excluding carboxylic acids is 2. The van der Waals surface area contributed by atoms with Crippen molar-refractivity contribution in [1.29, 1.82) is 0 Å². The van der Waals surface area contributed by atoms with E-state index in [0.717, 1.165) is 19.3 Å². The lowest BCUT2D eigenvalue weighted by Crippen LogP contribution is -2.29. The van der Waals surface area contributed by atoms with Crippen LogP contribution in [0.2, 0.25) is 0 Å². The van der Waals surface area contributed by atoms with Crippen LogP contribution in [0.15, 0.2) is 48.5 Å². The highest BCUT2D eigenvalue weighted by molar-refractivity contribution is 5.87. The molecule has 1 aliphatic carbocycles. The number of nitrogens with zero attached hydrogens (tertiary/aromatic N) is 1. The van der Waals surface area contributed by atoms with E-state index in [1.807, 2.05) is 30.3 Å². The van der Waals surface area contributed by atoms with Gasteiger partial charge in [0.1, 0.15) is 5.75 Å². The molecule has 0 N–H and O–H groups in total. The van der Waals surface area contributed by atoms with Crippen LogP contribution in [0, 0.1) is 5.92 Å². The van der Waals surface area contributed by atoms with Crippen molar-refractivity contribution in [2.75, 3.05) is 13.1 Å². The summed E-state index contributed by atoms with van der Waals surface area (Å²) in [6.07, 6.45) is 4.38. The minimum atomic E-state index is -0.369. The summed E-state index contributed by atoms with van der Waals surface area (Å²) in [4.78, 5) is 26.5. The second-order valence-corrected chi connectivity index (χ2v) is 7.18. The van der Waals surface area contributed by atoms with Crippen LogP contribution in [-0.4, -0.2) is 29.9 Å². The highest BCUT2D eigenvalue weighted by Gasteiger charge is 2.35. The van der Waals surface area contributed by atoms with Crippen LogP contribution in [-0.2, 0) is 28.9 Å². The lowest BCUT2D eigenvalue weighted by Gasteiger charge is -2.16. The minimum absolute atomic E-state index is 0.0387. The fourth-order valence-corrected chi connectivity index (χ4v) is 3.87. The van der Waals surface area contributed by atoms with Gasteiger partial charge in [-0.25, -0.2) is 0 Å². The van der Waals surface area contributed by atoms with Gasteiger partial charge in [0.2, 0.25) is 5.91 Å². The molecule has 0 bridgehead atoms. The first kappa shape index (κ1) is 16.8. The van der Waals surface area contributed by atoms with Crippen LogP contribution in [0.4, 0.5) is 0 Å². The van der Waals surface area contributed by atoms with Crippen molar-refractivity contribution < 1.29 is 14.3 Å². The van der Waals surface area contributed by atoms with Crippen LogP contribution >= 0.6 is 0 Å². The molecule has 1 fully saturated rings. The molecule has 1 saturated heterocycles. The molecule has 1 amide bonds. The Morgan fingerprint density at radius 1 is 1.08 bits per heavy atom. The van der Waals surface area contributed by atoms with Gasteiger partial charge in [0.15, 0.2) is 0 Å². The molecule has 2 aromatic rings. The number of likely N-dealkylation sites (tertiary alicyclic amines) is 1. The zero-order valence-electron chi connectivity index (χ0n) is 14.8. The van der Waals surface area contributed by atoms with Crippen molar-refractivity contribution in [2.24, 2.45) is 5.92 Å². The summed E-state index contributed by atoms with van der Waals surface area (Å²) < 4.78 is 5.57. The highest BCUT2D eigenvalue weighted by Crippen LogP contribution is 2.27. The van der Waals surface area contributed by atoms with Gasteiger partial charge < -0.3 is 9.64 Å². The van der Waals surface area contributed by atoms with E-state index in [-0.39, 0.29) is 24.2 Å². The molecule has 0 spiro atoms. The molecule has 0 radical (unpaired) electrons. The largest absolute Gasteiger partial charge is 0.426 e. The van der Waals surface area contributed by atoms with Crippen molar-refractivity contribution in [3.63, 3.8) is 0 Å². The molecule has 2 aromatic carbocycles. The number of fused-ring (bicyclic) bond motifs is 1. The Balaban J connectivity index is 1.33. The maximum absolute atomic E-state index is 12.5. The van der Waals surface area contributed by atoms with Gasteiger partial charge >= 0.3 is 5.97 Å². The number of hydrogen-bond donors (Lipinski definition) is 0. The van der Waals surface area contributed by atoms with E-state index in [1.54, 1.807) is 4.90 Å². The molecule has 0 saturated carbocycles. The maximum Gasteiger partial charge on any atom is 0.316 e. The Kier molecular flexibility index (Phi) is 4.74. The van der Waals surface area contributed by atoms with Gasteiger partial charge in [0.05, 0.1) is 5.92 Å². The molecule has 0 aromatic heterocycles. The number of amides is 1. The van der Waals surface area contributed by atoms with Gasteiger partial charge in [0, 0.05) is 19.5 Å². The Morgan fingerprint density at radius 2 is 1.88 bits per heavy atom. The average Bonchev–Trinajstić information content (AvgIpc) is 3.27. The van der Waals surface area contributed by atoms with Gasteiger partial charge in [-0.05, 0) is 54.5 Å². The minimum Gasteiger partial charge on any atom is -0.426 e. The predicted molar refractivity (Wildman–Crippen MR) is 98.9 cm³/mol. The quantitative estimate of drug-likeness (QED) is 0.615. The first-order valence-corrected chi connectivity index (χ1v) is 9.34. The van der Waals surface area contributed by atoms with E-state index in [9.17, 15) is 9.59 Å². The molecule has 134 valence electrons. The van der Waals surface area contributed by atoms with E-state index in [4.69, 9.17) is 4.74 Å². The zero-order chi connectivity index (χ0) is 17.9. The topological polar surface area (TPSA) is 46.6 Å². The fourth-order valence-electron chi connectivity index (χ4n) is 3.87. The number of esters is 1. The van der Waals surface area contributed by atoms with Crippen LogP contribution in [0.25, 0.3) is 0 Å². The lowest BCUT2D eigenvalue weighted by molar-refractivity contribution is -0.139. The summed E-state index contributed by atoms with van der Waals surface area (Å²) in [6, 6.07) is 16.0. The van der Waals surface area contributed by atoms with Crippen molar-refractivity contribution in [3.05, 3.63) is 65.2 Å². The molecule has 26 heavy (non-hydrogen) atoms. The van der Waals surface area contributed by atoms with Gasteiger partial charge in [-0.3, -0.25) is 9.59 Å². The first-order chi connectivity index (χ1) is 12.7. The van der Waals surface area contributed by atoms with Gasteiger partial charge in [-0.2, -0.15) is 0 Å². The van der Waals surface area contributed by atoms with E-state index in [2.05, 4.69) is 18.2 Å². The molecule has 4 heteroatoms.